The molecule has 8 heteroatoms. The number of hydrogen-bond donors (Lipinski definition) is 3. The van der Waals surface area contributed by atoms with E-state index in [0.717, 1.165) is 78.7 Å². The number of aliphatic hydroxyl groups excluding tert-OH is 1. The second-order valence-corrected chi connectivity index (χ2v) is 10.2. The predicted molar refractivity (Wildman–Crippen MR) is 153 cm³/mol. The fraction of sp³-hybridized carbons (Fsp3) is 0.258. The SMILES string of the molecule is O=C(Nc1ccc(-n2ncc3cc(NC(=O)c4ccc(N5CCC(O)CC5)cc4)ccc32)cc1)C1=CCCC1. The summed E-state index contributed by atoms with van der Waals surface area (Å²) in [7, 11) is 0. The summed E-state index contributed by atoms with van der Waals surface area (Å²) in [6, 6.07) is 20.9. The van der Waals surface area contributed by atoms with Gasteiger partial charge >= 0.3 is 0 Å². The minimum atomic E-state index is -0.213. The molecule has 2 amide bonds. The highest BCUT2D eigenvalue weighted by molar-refractivity contribution is 6.05. The summed E-state index contributed by atoms with van der Waals surface area (Å²) in [6.07, 6.45) is 7.95. The van der Waals surface area contributed by atoms with Gasteiger partial charge in [-0.25, -0.2) is 4.68 Å². The zero-order valence-electron chi connectivity index (χ0n) is 21.6. The molecule has 2 heterocycles. The van der Waals surface area contributed by atoms with Crippen LogP contribution in [-0.4, -0.2) is 45.9 Å². The quantitative estimate of drug-likeness (QED) is 0.320. The predicted octanol–water partition coefficient (Wildman–Crippen LogP) is 5.29. The highest BCUT2D eigenvalue weighted by Gasteiger charge is 2.18. The van der Waals surface area contributed by atoms with Gasteiger partial charge in [0.25, 0.3) is 11.8 Å². The van der Waals surface area contributed by atoms with Gasteiger partial charge in [0.1, 0.15) is 0 Å². The van der Waals surface area contributed by atoms with E-state index in [0.29, 0.717) is 11.3 Å². The lowest BCUT2D eigenvalue weighted by Crippen LogP contribution is -2.35. The van der Waals surface area contributed by atoms with Crippen molar-refractivity contribution in [1.29, 1.82) is 0 Å². The molecular weight excluding hydrogens is 490 g/mol. The fourth-order valence-corrected chi connectivity index (χ4v) is 5.24. The van der Waals surface area contributed by atoms with E-state index in [2.05, 4.69) is 20.6 Å². The summed E-state index contributed by atoms with van der Waals surface area (Å²) >= 11 is 0. The maximum atomic E-state index is 12.9. The zero-order valence-corrected chi connectivity index (χ0v) is 21.6. The molecule has 0 spiro atoms. The number of anilines is 3. The van der Waals surface area contributed by atoms with Crippen LogP contribution in [0.1, 0.15) is 42.5 Å². The Bertz CT molecular complexity index is 1530. The van der Waals surface area contributed by atoms with Crippen molar-refractivity contribution in [2.24, 2.45) is 0 Å². The lowest BCUT2D eigenvalue weighted by atomic mass is 10.1. The maximum absolute atomic E-state index is 12.9. The lowest BCUT2D eigenvalue weighted by Gasteiger charge is -2.31. The number of aliphatic hydroxyl groups is 1. The molecule has 4 aromatic rings. The van der Waals surface area contributed by atoms with Crippen LogP contribution >= 0.6 is 0 Å². The Balaban J connectivity index is 1.11. The van der Waals surface area contributed by atoms with E-state index in [1.165, 1.54) is 0 Å². The Kier molecular flexibility index (Phi) is 6.85. The molecule has 0 bridgehead atoms. The molecule has 2 aliphatic rings. The Morgan fingerprint density at radius 3 is 2.26 bits per heavy atom. The Hall–Kier alpha value is -4.43. The molecule has 39 heavy (non-hydrogen) atoms. The van der Waals surface area contributed by atoms with Crippen LogP contribution in [0.25, 0.3) is 16.6 Å². The van der Waals surface area contributed by atoms with Crippen LogP contribution in [-0.2, 0) is 4.79 Å². The molecule has 6 rings (SSSR count). The minimum Gasteiger partial charge on any atom is -0.393 e. The standard InChI is InChI=1S/C31H31N5O3/c37-28-15-17-35(18-16-28)26-10-5-22(6-11-26)31(39)34-25-9-14-29-23(19-25)20-32-36(29)27-12-7-24(8-13-27)33-30(38)21-3-1-2-4-21/h3,5-14,19-20,28,37H,1-2,4,15-18H2,(H,33,38)(H,34,39). The molecule has 1 saturated heterocycles. The third-order valence-corrected chi connectivity index (χ3v) is 7.49. The summed E-state index contributed by atoms with van der Waals surface area (Å²) in [4.78, 5) is 27.5. The van der Waals surface area contributed by atoms with E-state index in [1.54, 1.807) is 6.20 Å². The van der Waals surface area contributed by atoms with Crippen molar-refractivity contribution in [3.63, 3.8) is 0 Å². The number of carbonyl (C=O) groups excluding carboxylic acids is 2. The Morgan fingerprint density at radius 1 is 0.846 bits per heavy atom. The first kappa shape index (κ1) is 24.9. The van der Waals surface area contributed by atoms with Crippen molar-refractivity contribution in [1.82, 2.24) is 9.78 Å². The molecule has 3 N–H and O–H groups in total. The van der Waals surface area contributed by atoms with Crippen molar-refractivity contribution < 1.29 is 14.7 Å². The smallest absolute Gasteiger partial charge is 0.255 e. The van der Waals surface area contributed by atoms with Crippen molar-refractivity contribution in [3.05, 3.63) is 90.1 Å². The number of fused-ring (bicyclic) bond motifs is 1. The normalized spacial score (nSPS) is 15.8. The number of nitrogens with zero attached hydrogens (tertiary/aromatic N) is 3. The molecule has 1 aromatic heterocycles. The van der Waals surface area contributed by atoms with Crippen molar-refractivity contribution >= 4 is 39.8 Å². The van der Waals surface area contributed by atoms with Crippen LogP contribution in [0, 0.1) is 0 Å². The van der Waals surface area contributed by atoms with Crippen LogP contribution in [0.3, 0.4) is 0 Å². The average Bonchev–Trinajstić information content (AvgIpc) is 3.65. The average molecular weight is 522 g/mol. The molecule has 0 atom stereocenters. The van der Waals surface area contributed by atoms with Gasteiger partial charge in [0.15, 0.2) is 0 Å². The van der Waals surface area contributed by atoms with E-state index in [1.807, 2.05) is 77.5 Å². The van der Waals surface area contributed by atoms with Crippen LogP contribution in [0.15, 0.2) is 84.6 Å². The van der Waals surface area contributed by atoms with Gasteiger partial charge in [-0.2, -0.15) is 5.10 Å². The van der Waals surface area contributed by atoms with Gasteiger partial charge in [0.2, 0.25) is 0 Å². The van der Waals surface area contributed by atoms with Gasteiger partial charge < -0.3 is 20.6 Å². The number of amides is 2. The number of aromatic nitrogens is 2. The van der Waals surface area contributed by atoms with E-state index >= 15 is 0 Å². The highest BCUT2D eigenvalue weighted by atomic mass is 16.3. The van der Waals surface area contributed by atoms with Gasteiger partial charge in [-0.05, 0) is 98.8 Å². The molecular formula is C31H31N5O3. The highest BCUT2D eigenvalue weighted by Crippen LogP contribution is 2.25. The van der Waals surface area contributed by atoms with Gasteiger partial charge in [-0.3, -0.25) is 9.59 Å². The maximum Gasteiger partial charge on any atom is 0.255 e. The van der Waals surface area contributed by atoms with Crippen molar-refractivity contribution in [2.45, 2.75) is 38.2 Å². The molecule has 1 aliphatic carbocycles. The summed E-state index contributed by atoms with van der Waals surface area (Å²) in [5.41, 5.74) is 5.74. The van der Waals surface area contributed by atoms with Crippen LogP contribution in [0.4, 0.5) is 17.1 Å². The van der Waals surface area contributed by atoms with Gasteiger partial charge in [-0.15, -0.1) is 0 Å². The number of piperidine rings is 1. The van der Waals surface area contributed by atoms with Gasteiger partial charge in [0, 0.05) is 46.7 Å². The monoisotopic (exact) mass is 521 g/mol. The number of nitrogens with one attached hydrogen (secondary N) is 2. The molecule has 1 aliphatic heterocycles. The third kappa shape index (κ3) is 5.42. The number of rotatable bonds is 6. The third-order valence-electron chi connectivity index (χ3n) is 7.49. The molecule has 8 nitrogen and oxygen atoms in total. The summed E-state index contributed by atoms with van der Waals surface area (Å²) < 4.78 is 1.84. The van der Waals surface area contributed by atoms with E-state index in [-0.39, 0.29) is 17.9 Å². The molecule has 1 fully saturated rings. The largest absolute Gasteiger partial charge is 0.393 e. The minimum absolute atomic E-state index is 0.0296. The van der Waals surface area contributed by atoms with Crippen molar-refractivity contribution in [2.75, 3.05) is 28.6 Å². The second kappa shape index (κ2) is 10.7. The Labute approximate surface area is 226 Å². The molecule has 0 unspecified atom stereocenters. The first-order valence-corrected chi connectivity index (χ1v) is 13.5. The van der Waals surface area contributed by atoms with Crippen LogP contribution in [0.2, 0.25) is 0 Å². The molecule has 198 valence electrons. The number of allylic oxidation sites excluding steroid dienone is 1. The first-order valence-electron chi connectivity index (χ1n) is 13.5. The Morgan fingerprint density at radius 2 is 1.54 bits per heavy atom. The zero-order chi connectivity index (χ0) is 26.8. The first-order chi connectivity index (χ1) is 19.0. The summed E-state index contributed by atoms with van der Waals surface area (Å²) in [5, 5.41) is 21.1. The van der Waals surface area contributed by atoms with Crippen molar-refractivity contribution in [3.8, 4) is 5.69 Å². The van der Waals surface area contributed by atoms with E-state index in [4.69, 9.17) is 0 Å². The summed E-state index contributed by atoms with van der Waals surface area (Å²) in [5.74, 6) is -0.202. The molecule has 3 aromatic carbocycles. The molecule has 0 saturated carbocycles. The summed E-state index contributed by atoms with van der Waals surface area (Å²) in [6.45, 7) is 1.64. The van der Waals surface area contributed by atoms with Crippen LogP contribution < -0.4 is 15.5 Å². The lowest BCUT2D eigenvalue weighted by molar-refractivity contribution is -0.112. The van der Waals surface area contributed by atoms with Crippen LogP contribution in [0.5, 0.6) is 0 Å². The van der Waals surface area contributed by atoms with Gasteiger partial charge in [0.05, 0.1) is 23.5 Å². The van der Waals surface area contributed by atoms with E-state index in [9.17, 15) is 14.7 Å². The number of carbonyl (C=O) groups is 2. The van der Waals surface area contributed by atoms with E-state index < -0.39 is 0 Å². The fourth-order valence-electron chi connectivity index (χ4n) is 5.24. The topological polar surface area (TPSA) is 99.5 Å². The van der Waals surface area contributed by atoms with Gasteiger partial charge in [-0.1, -0.05) is 6.08 Å². The number of benzene rings is 3. The number of hydrogen-bond acceptors (Lipinski definition) is 5. The molecule has 0 radical (unpaired) electrons. The second-order valence-electron chi connectivity index (χ2n) is 10.2.